The van der Waals surface area contributed by atoms with Crippen LogP contribution in [0.1, 0.15) is 39.9 Å². The molecular weight excluding hydrogens is 574 g/mol. The molecule has 0 aromatic heterocycles. The monoisotopic (exact) mass is 606 g/mol. The summed E-state index contributed by atoms with van der Waals surface area (Å²) in [6, 6.07) is 12.4. The lowest BCUT2D eigenvalue weighted by atomic mass is 9.92. The van der Waals surface area contributed by atoms with Crippen LogP contribution in [0.15, 0.2) is 98.1 Å². The molecule has 1 N–H and O–H groups in total. The van der Waals surface area contributed by atoms with Crippen LogP contribution in [0.5, 0.6) is 5.75 Å². The molecule has 0 spiro atoms. The standard InChI is InChI=1S/C32H32F6N2O3/c1-5-19-40(20-6-2)29(23-11-17-26(42-3)18-12-23)28(30(41)43-4)39-27(21-7-13-24(14-8-21)31(33,34)35)22-9-15-25(16-10-22)32(36,37)38/h5-18,27-29,39H,1-2,19-20H2,3-4H3/t28-,29-/m0/s1. The first-order valence-electron chi connectivity index (χ1n) is 13.1. The number of rotatable bonds is 13. The van der Waals surface area contributed by atoms with Crippen LogP contribution in [0.3, 0.4) is 0 Å². The number of carbonyl (C=O) groups is 1. The summed E-state index contributed by atoms with van der Waals surface area (Å²) < 4.78 is 90.4. The molecule has 5 nitrogen and oxygen atoms in total. The lowest BCUT2D eigenvalue weighted by Crippen LogP contribution is -2.50. The van der Waals surface area contributed by atoms with Gasteiger partial charge in [-0.1, -0.05) is 48.6 Å². The highest BCUT2D eigenvalue weighted by atomic mass is 19.4. The molecule has 0 saturated carbocycles. The zero-order chi connectivity index (χ0) is 31.8. The molecule has 43 heavy (non-hydrogen) atoms. The first kappa shape index (κ1) is 33.4. The number of hydrogen-bond donors (Lipinski definition) is 1. The van der Waals surface area contributed by atoms with Crippen LogP contribution in [-0.4, -0.2) is 44.2 Å². The second-order valence-corrected chi connectivity index (χ2v) is 9.59. The summed E-state index contributed by atoms with van der Waals surface area (Å²) in [4.78, 5) is 15.3. The van der Waals surface area contributed by atoms with Crippen LogP contribution in [-0.2, 0) is 21.9 Å². The van der Waals surface area contributed by atoms with Gasteiger partial charge in [-0.2, -0.15) is 26.3 Å². The summed E-state index contributed by atoms with van der Waals surface area (Å²) in [6.45, 7) is 8.23. The molecule has 0 fully saturated rings. The van der Waals surface area contributed by atoms with Crippen molar-refractivity contribution in [2.45, 2.75) is 30.5 Å². The molecule has 2 atom stereocenters. The number of alkyl halides is 6. The van der Waals surface area contributed by atoms with E-state index in [2.05, 4.69) is 18.5 Å². The molecule has 3 aromatic carbocycles. The zero-order valence-corrected chi connectivity index (χ0v) is 23.6. The molecule has 0 bridgehead atoms. The second kappa shape index (κ2) is 14.4. The molecule has 3 aromatic rings. The van der Waals surface area contributed by atoms with E-state index in [1.807, 2.05) is 4.90 Å². The third kappa shape index (κ3) is 8.48. The van der Waals surface area contributed by atoms with Crippen molar-refractivity contribution in [1.82, 2.24) is 10.2 Å². The number of benzene rings is 3. The minimum atomic E-state index is -4.60. The molecule has 3 rings (SSSR count). The molecule has 11 heteroatoms. The van der Waals surface area contributed by atoms with Crippen LogP contribution in [0, 0.1) is 0 Å². The van der Waals surface area contributed by atoms with E-state index in [1.54, 1.807) is 36.4 Å². The van der Waals surface area contributed by atoms with Gasteiger partial charge in [-0.05, 0) is 53.1 Å². The second-order valence-electron chi connectivity index (χ2n) is 9.59. The maximum Gasteiger partial charge on any atom is 0.416 e. The van der Waals surface area contributed by atoms with E-state index >= 15 is 0 Å². The van der Waals surface area contributed by atoms with Crippen molar-refractivity contribution in [1.29, 1.82) is 0 Å². The fourth-order valence-corrected chi connectivity index (χ4v) is 4.76. The van der Waals surface area contributed by atoms with E-state index in [0.717, 1.165) is 24.3 Å². The Kier molecular flexibility index (Phi) is 11.2. The Morgan fingerprint density at radius 2 is 1.19 bits per heavy atom. The lowest BCUT2D eigenvalue weighted by Gasteiger charge is -2.37. The Balaban J connectivity index is 2.20. The summed E-state index contributed by atoms with van der Waals surface area (Å²) in [5.41, 5.74) is -0.563. The first-order valence-corrected chi connectivity index (χ1v) is 13.1. The number of carbonyl (C=O) groups excluding carboxylic acids is 1. The van der Waals surface area contributed by atoms with Gasteiger partial charge in [0.25, 0.3) is 0 Å². The molecule has 0 aliphatic carbocycles. The van der Waals surface area contributed by atoms with Crippen LogP contribution in [0.4, 0.5) is 26.3 Å². The molecule has 0 saturated heterocycles. The maximum absolute atomic E-state index is 13.4. The summed E-state index contributed by atoms with van der Waals surface area (Å²) in [5, 5.41) is 3.20. The van der Waals surface area contributed by atoms with Crippen molar-refractivity contribution >= 4 is 5.97 Å². The fourth-order valence-electron chi connectivity index (χ4n) is 4.76. The Bertz CT molecular complexity index is 1290. The fraction of sp³-hybridized carbons (Fsp3) is 0.281. The van der Waals surface area contributed by atoms with E-state index in [1.165, 1.54) is 38.5 Å². The largest absolute Gasteiger partial charge is 0.497 e. The molecular formula is C32H32F6N2O3. The van der Waals surface area contributed by atoms with E-state index in [0.29, 0.717) is 24.4 Å². The van der Waals surface area contributed by atoms with Crippen molar-refractivity contribution in [2.75, 3.05) is 27.3 Å². The maximum atomic E-state index is 13.4. The molecule has 0 aliphatic heterocycles. The first-order chi connectivity index (χ1) is 20.3. The zero-order valence-electron chi connectivity index (χ0n) is 23.6. The Labute approximate surface area is 246 Å². The van der Waals surface area contributed by atoms with Gasteiger partial charge in [-0.15, -0.1) is 13.2 Å². The lowest BCUT2D eigenvalue weighted by molar-refractivity contribution is -0.145. The predicted octanol–water partition coefficient (Wildman–Crippen LogP) is 7.37. The van der Waals surface area contributed by atoms with Crippen LogP contribution >= 0.6 is 0 Å². The highest BCUT2D eigenvalue weighted by Gasteiger charge is 2.38. The SMILES string of the molecule is C=CCN(CC=C)[C@@H](c1ccc(OC)cc1)[C@H](NC(c1ccc(C(F)(F)F)cc1)c1ccc(C(F)(F)F)cc1)C(=O)OC. The quantitative estimate of drug-likeness (QED) is 0.125. The van der Waals surface area contributed by atoms with Crippen molar-refractivity contribution in [3.63, 3.8) is 0 Å². The molecule has 230 valence electrons. The highest BCUT2D eigenvalue weighted by molar-refractivity contribution is 5.77. The van der Waals surface area contributed by atoms with Gasteiger partial charge >= 0.3 is 18.3 Å². The van der Waals surface area contributed by atoms with Crippen molar-refractivity contribution in [3.05, 3.63) is 126 Å². The number of halogens is 6. The molecule has 0 heterocycles. The summed E-state index contributed by atoms with van der Waals surface area (Å²) in [5.74, 6) is -0.140. The Morgan fingerprint density at radius 1 is 0.767 bits per heavy atom. The number of methoxy groups -OCH3 is 2. The van der Waals surface area contributed by atoms with E-state index < -0.39 is 47.6 Å². The van der Waals surface area contributed by atoms with Crippen LogP contribution in [0.25, 0.3) is 0 Å². The van der Waals surface area contributed by atoms with Gasteiger partial charge in [-0.3, -0.25) is 15.0 Å². The van der Waals surface area contributed by atoms with Gasteiger partial charge in [0.1, 0.15) is 11.8 Å². The predicted molar refractivity (Wildman–Crippen MR) is 151 cm³/mol. The Hall–Kier alpha value is -4.09. The minimum Gasteiger partial charge on any atom is -0.497 e. The number of nitrogens with zero attached hydrogens (tertiary/aromatic N) is 1. The topological polar surface area (TPSA) is 50.8 Å². The summed E-state index contributed by atoms with van der Waals surface area (Å²) in [6.07, 6.45) is -5.92. The molecule has 0 aliphatic rings. The van der Waals surface area contributed by atoms with Gasteiger partial charge in [0.2, 0.25) is 0 Å². The number of esters is 1. The number of ether oxygens (including phenoxy) is 2. The molecule has 0 radical (unpaired) electrons. The smallest absolute Gasteiger partial charge is 0.416 e. The van der Waals surface area contributed by atoms with Gasteiger partial charge in [0, 0.05) is 13.1 Å². The Morgan fingerprint density at radius 3 is 1.53 bits per heavy atom. The van der Waals surface area contributed by atoms with Crippen molar-refractivity contribution in [2.24, 2.45) is 0 Å². The third-order valence-electron chi connectivity index (χ3n) is 6.84. The van der Waals surface area contributed by atoms with E-state index in [9.17, 15) is 31.1 Å². The van der Waals surface area contributed by atoms with Gasteiger partial charge in [0.05, 0.1) is 37.4 Å². The van der Waals surface area contributed by atoms with Gasteiger partial charge < -0.3 is 9.47 Å². The van der Waals surface area contributed by atoms with E-state index in [-0.39, 0.29) is 11.1 Å². The number of nitrogens with one attached hydrogen (secondary N) is 1. The van der Waals surface area contributed by atoms with Gasteiger partial charge in [-0.25, -0.2) is 0 Å². The third-order valence-corrected chi connectivity index (χ3v) is 6.84. The van der Waals surface area contributed by atoms with Gasteiger partial charge in [0.15, 0.2) is 0 Å². The average molecular weight is 607 g/mol. The van der Waals surface area contributed by atoms with Crippen molar-refractivity contribution in [3.8, 4) is 5.75 Å². The minimum absolute atomic E-state index is 0.286. The molecule has 0 amide bonds. The highest BCUT2D eigenvalue weighted by Crippen LogP contribution is 2.35. The van der Waals surface area contributed by atoms with Crippen LogP contribution in [0.2, 0.25) is 0 Å². The van der Waals surface area contributed by atoms with Crippen molar-refractivity contribution < 1.29 is 40.6 Å². The summed E-state index contributed by atoms with van der Waals surface area (Å²) >= 11 is 0. The summed E-state index contributed by atoms with van der Waals surface area (Å²) in [7, 11) is 2.70. The normalized spacial score (nSPS) is 13.4. The average Bonchev–Trinajstić information content (AvgIpc) is 2.98. The van der Waals surface area contributed by atoms with E-state index in [4.69, 9.17) is 9.47 Å². The van der Waals surface area contributed by atoms with Crippen LogP contribution < -0.4 is 10.1 Å². The number of hydrogen-bond acceptors (Lipinski definition) is 5. The molecule has 0 unspecified atom stereocenters.